The lowest BCUT2D eigenvalue weighted by Gasteiger charge is -2.21. The molecule has 1 heterocycles. The molecule has 1 aliphatic rings. The van der Waals surface area contributed by atoms with Crippen LogP contribution in [0.2, 0.25) is 0 Å². The van der Waals surface area contributed by atoms with Gasteiger partial charge >= 0.3 is 6.03 Å². The molecule has 0 unspecified atom stereocenters. The largest absolute Gasteiger partial charge is 0.385 e. The van der Waals surface area contributed by atoms with Crippen LogP contribution in [0.5, 0.6) is 0 Å². The summed E-state index contributed by atoms with van der Waals surface area (Å²) >= 11 is 0. The number of benzene rings is 2. The third kappa shape index (κ3) is 5.98. The Morgan fingerprint density at radius 1 is 1.09 bits per heavy atom. The molecule has 1 fully saturated rings. The van der Waals surface area contributed by atoms with Crippen molar-refractivity contribution in [1.82, 2.24) is 15.1 Å². The fourth-order valence-corrected chi connectivity index (χ4v) is 4.97. The Hall–Kier alpha value is -3.45. The summed E-state index contributed by atoms with van der Waals surface area (Å²) in [6.45, 7) is 2.59. The highest BCUT2D eigenvalue weighted by atomic mass is 16.5. The molecule has 0 spiro atoms. The van der Waals surface area contributed by atoms with E-state index in [9.17, 15) is 9.59 Å². The number of Topliss-reactive ketones (excluding diaryl/α,β-unsaturated/α-hetero) is 1. The molecule has 0 aliphatic heterocycles. The van der Waals surface area contributed by atoms with E-state index in [-0.39, 0.29) is 23.8 Å². The highest BCUT2D eigenvalue weighted by molar-refractivity contribution is 5.96. The maximum absolute atomic E-state index is 13.0. The fourth-order valence-electron chi connectivity index (χ4n) is 4.97. The van der Waals surface area contributed by atoms with E-state index in [1.54, 1.807) is 18.8 Å². The summed E-state index contributed by atoms with van der Waals surface area (Å²) in [6, 6.07) is 19.5. The van der Waals surface area contributed by atoms with Crippen LogP contribution in [0, 0.1) is 5.92 Å². The van der Waals surface area contributed by atoms with Crippen LogP contribution in [-0.2, 0) is 11.8 Å². The number of aryl methyl sites for hydroxylation is 1. The number of rotatable bonds is 9. The molecule has 2 N–H and O–H groups in total. The second-order valence-electron chi connectivity index (χ2n) is 9.23. The van der Waals surface area contributed by atoms with Gasteiger partial charge in [0.1, 0.15) is 5.82 Å². The molecular formula is C28H34N4O3. The molecule has 3 aromatic rings. The number of nitrogens with zero attached hydrogens (tertiary/aromatic N) is 2. The minimum absolute atomic E-state index is 0.0515. The molecule has 2 aromatic carbocycles. The summed E-state index contributed by atoms with van der Waals surface area (Å²) in [7, 11) is 3.53. The van der Waals surface area contributed by atoms with Crippen molar-refractivity contribution in [1.29, 1.82) is 0 Å². The van der Waals surface area contributed by atoms with Crippen molar-refractivity contribution in [2.24, 2.45) is 13.0 Å². The first-order chi connectivity index (χ1) is 17.0. The minimum Gasteiger partial charge on any atom is -0.385 e. The molecule has 0 saturated heterocycles. The van der Waals surface area contributed by atoms with E-state index in [0.717, 1.165) is 37.1 Å². The Labute approximate surface area is 206 Å². The Morgan fingerprint density at radius 3 is 2.51 bits per heavy atom. The summed E-state index contributed by atoms with van der Waals surface area (Å²) in [4.78, 5) is 24.9. The lowest BCUT2D eigenvalue weighted by atomic mass is 9.93. The van der Waals surface area contributed by atoms with Gasteiger partial charge in [-0.25, -0.2) is 4.79 Å². The first-order valence-electron chi connectivity index (χ1n) is 12.3. The van der Waals surface area contributed by atoms with Gasteiger partial charge in [-0.05, 0) is 30.7 Å². The van der Waals surface area contributed by atoms with Crippen LogP contribution in [-0.4, -0.2) is 41.4 Å². The van der Waals surface area contributed by atoms with Crippen molar-refractivity contribution in [2.75, 3.05) is 19.0 Å². The zero-order chi connectivity index (χ0) is 24.8. The van der Waals surface area contributed by atoms with Gasteiger partial charge in [0.15, 0.2) is 5.78 Å². The maximum atomic E-state index is 13.0. The smallest absolute Gasteiger partial charge is 0.320 e. The Morgan fingerprint density at radius 2 is 1.83 bits per heavy atom. The number of ketones is 1. The van der Waals surface area contributed by atoms with Gasteiger partial charge in [0, 0.05) is 56.3 Å². The molecule has 184 valence electrons. The fraction of sp³-hybridized carbons (Fsp3) is 0.393. The van der Waals surface area contributed by atoms with Crippen LogP contribution in [0.3, 0.4) is 0 Å². The normalized spacial score (nSPS) is 19.5. The first-order valence-corrected chi connectivity index (χ1v) is 12.3. The van der Waals surface area contributed by atoms with Gasteiger partial charge in [-0.15, -0.1) is 0 Å². The van der Waals surface area contributed by atoms with E-state index >= 15 is 0 Å². The molecule has 7 heteroatoms. The van der Waals surface area contributed by atoms with Crippen molar-refractivity contribution < 1.29 is 14.3 Å². The Bertz CT molecular complexity index is 1140. The van der Waals surface area contributed by atoms with Gasteiger partial charge in [-0.1, -0.05) is 61.5 Å². The highest BCUT2D eigenvalue weighted by Gasteiger charge is 2.36. The van der Waals surface area contributed by atoms with Crippen LogP contribution >= 0.6 is 0 Å². The zero-order valence-corrected chi connectivity index (χ0v) is 20.7. The molecule has 0 bridgehead atoms. The zero-order valence-electron chi connectivity index (χ0n) is 20.7. The number of anilines is 1. The van der Waals surface area contributed by atoms with E-state index in [0.29, 0.717) is 23.7 Å². The number of hydrogen-bond acceptors (Lipinski definition) is 4. The second kappa shape index (κ2) is 11.3. The number of aromatic nitrogens is 2. The highest BCUT2D eigenvalue weighted by Crippen LogP contribution is 2.40. The van der Waals surface area contributed by atoms with Crippen molar-refractivity contribution in [3.05, 3.63) is 71.8 Å². The van der Waals surface area contributed by atoms with E-state index in [4.69, 9.17) is 4.74 Å². The van der Waals surface area contributed by atoms with Crippen LogP contribution in [0.25, 0.3) is 11.3 Å². The third-order valence-electron chi connectivity index (χ3n) is 6.88. The topological polar surface area (TPSA) is 85.3 Å². The average molecular weight is 475 g/mol. The Kier molecular flexibility index (Phi) is 7.98. The van der Waals surface area contributed by atoms with Crippen molar-refractivity contribution in [2.45, 2.75) is 44.6 Å². The number of amides is 2. The number of carbonyl (C=O) groups is 2. The third-order valence-corrected chi connectivity index (χ3v) is 6.88. The summed E-state index contributed by atoms with van der Waals surface area (Å²) in [6.07, 6.45) is 3.43. The Balaban J connectivity index is 1.43. The minimum atomic E-state index is -0.234. The quantitative estimate of drug-likeness (QED) is 0.407. The van der Waals surface area contributed by atoms with E-state index < -0.39 is 0 Å². The van der Waals surface area contributed by atoms with E-state index in [1.807, 2.05) is 43.3 Å². The molecule has 7 nitrogen and oxygen atoms in total. The number of nitrogens with one attached hydrogen (secondary N) is 2. The predicted octanol–water partition coefficient (Wildman–Crippen LogP) is 5.40. The van der Waals surface area contributed by atoms with E-state index in [1.165, 1.54) is 5.56 Å². The summed E-state index contributed by atoms with van der Waals surface area (Å²) in [5.74, 6) is 1.50. The molecule has 1 saturated carbocycles. The average Bonchev–Trinajstić information content (AvgIpc) is 3.45. The van der Waals surface area contributed by atoms with Crippen molar-refractivity contribution in [3.63, 3.8) is 0 Å². The van der Waals surface area contributed by atoms with Crippen LogP contribution in [0.15, 0.2) is 60.7 Å². The van der Waals surface area contributed by atoms with Crippen LogP contribution in [0.4, 0.5) is 10.6 Å². The summed E-state index contributed by atoms with van der Waals surface area (Å²) in [5, 5.41) is 10.7. The van der Waals surface area contributed by atoms with Gasteiger partial charge in [0.05, 0.1) is 5.69 Å². The predicted molar refractivity (Wildman–Crippen MR) is 138 cm³/mol. The molecule has 1 aliphatic carbocycles. The standard InChI is InChI=1S/C28H34N4O3/c1-4-26(33)22-12-10-21(11-13-22)24-18-27(32(2)31-24)30-28(34)29-25-17-19(14-15-35-3)16-23(25)20-8-6-5-7-9-20/h5-13,18-19,23,25H,4,14-17H2,1-3H3,(H2,29,30,34)/t19-,23-,25+/m0/s1. The van der Waals surface area contributed by atoms with Crippen LogP contribution in [0.1, 0.15) is 54.4 Å². The summed E-state index contributed by atoms with van der Waals surface area (Å²) in [5.41, 5.74) is 3.58. The molecule has 4 rings (SSSR count). The number of methoxy groups -OCH3 is 1. The lowest BCUT2D eigenvalue weighted by molar-refractivity contribution is 0.0988. The molecule has 2 amide bonds. The van der Waals surface area contributed by atoms with Gasteiger partial charge in [-0.2, -0.15) is 5.10 Å². The SMILES string of the molecule is CCC(=O)c1ccc(-c2cc(NC(=O)N[C@@H]3C[C@@H](CCOC)C[C@H]3c3ccccc3)n(C)n2)cc1. The van der Waals surface area contributed by atoms with Crippen molar-refractivity contribution >= 4 is 17.6 Å². The number of carbonyl (C=O) groups excluding carboxylic acids is 2. The first kappa shape index (κ1) is 24.7. The van der Waals surface area contributed by atoms with Crippen LogP contribution < -0.4 is 10.6 Å². The van der Waals surface area contributed by atoms with Gasteiger partial charge in [0.25, 0.3) is 0 Å². The molecule has 0 radical (unpaired) electrons. The number of hydrogen-bond donors (Lipinski definition) is 2. The molecule has 3 atom stereocenters. The van der Waals surface area contributed by atoms with E-state index in [2.05, 4.69) is 40.0 Å². The lowest BCUT2D eigenvalue weighted by Crippen LogP contribution is -2.39. The monoisotopic (exact) mass is 474 g/mol. The molecule has 1 aromatic heterocycles. The van der Waals surface area contributed by atoms with Crippen molar-refractivity contribution in [3.8, 4) is 11.3 Å². The van der Waals surface area contributed by atoms with Gasteiger partial charge in [0.2, 0.25) is 0 Å². The number of ether oxygens (including phenoxy) is 1. The maximum Gasteiger partial charge on any atom is 0.320 e. The number of urea groups is 1. The molecular weight excluding hydrogens is 440 g/mol. The van der Waals surface area contributed by atoms with Gasteiger partial charge < -0.3 is 10.1 Å². The summed E-state index contributed by atoms with van der Waals surface area (Å²) < 4.78 is 6.95. The molecule has 35 heavy (non-hydrogen) atoms. The van der Waals surface area contributed by atoms with Gasteiger partial charge in [-0.3, -0.25) is 14.8 Å². The second-order valence-corrected chi connectivity index (χ2v) is 9.23.